The number of nitrogens with two attached hydrogens (primary N) is 1. The maximum atomic E-state index is 11.3. The van der Waals surface area contributed by atoms with Gasteiger partial charge in [0.15, 0.2) is 0 Å². The van der Waals surface area contributed by atoms with Crippen molar-refractivity contribution in [1.82, 2.24) is 14.5 Å². The second-order valence-corrected chi connectivity index (χ2v) is 11.6. The summed E-state index contributed by atoms with van der Waals surface area (Å²) in [6.45, 7) is 8.08. The molecule has 6 nitrogen and oxygen atoms in total. The molecule has 20 heavy (non-hydrogen) atoms. The van der Waals surface area contributed by atoms with Gasteiger partial charge in [-0.2, -0.15) is 0 Å². The van der Waals surface area contributed by atoms with E-state index >= 15 is 0 Å². The number of ether oxygens (including phenoxy) is 1. The molecule has 0 aromatic carbocycles. The van der Waals surface area contributed by atoms with Crippen molar-refractivity contribution in [3.8, 4) is 0 Å². The first kappa shape index (κ1) is 14.7. The highest BCUT2D eigenvalue weighted by Gasteiger charge is 2.13. The zero-order valence-corrected chi connectivity index (χ0v) is 13.1. The Morgan fingerprint density at radius 3 is 2.80 bits per heavy atom. The second-order valence-electron chi connectivity index (χ2n) is 5.98. The van der Waals surface area contributed by atoms with Crippen LogP contribution in [-0.4, -0.2) is 35.1 Å². The van der Waals surface area contributed by atoms with Crippen molar-refractivity contribution in [2.45, 2.75) is 32.4 Å². The summed E-state index contributed by atoms with van der Waals surface area (Å²) in [6, 6.07) is 1.12. The van der Waals surface area contributed by atoms with Crippen molar-refractivity contribution in [1.29, 1.82) is 0 Å². The van der Waals surface area contributed by atoms with E-state index in [2.05, 4.69) is 29.6 Å². The lowest BCUT2D eigenvalue weighted by atomic mass is 10.2. The van der Waals surface area contributed by atoms with Crippen molar-refractivity contribution >= 4 is 25.0 Å². The zero-order chi connectivity index (χ0) is 14.8. The smallest absolute Gasteiger partial charge is 0.252 e. The average molecular weight is 292 g/mol. The normalized spacial score (nSPS) is 11.9. The molecule has 0 spiro atoms. The van der Waals surface area contributed by atoms with E-state index in [0.29, 0.717) is 17.8 Å². The number of primary amides is 1. The van der Waals surface area contributed by atoms with Crippen LogP contribution in [0.5, 0.6) is 0 Å². The van der Waals surface area contributed by atoms with Gasteiger partial charge in [-0.25, -0.2) is 4.98 Å². The van der Waals surface area contributed by atoms with E-state index in [0.717, 1.165) is 18.2 Å². The molecule has 0 bridgehead atoms. The first-order valence-electron chi connectivity index (χ1n) is 6.55. The Morgan fingerprint density at radius 2 is 2.15 bits per heavy atom. The third kappa shape index (κ3) is 3.43. The lowest BCUT2D eigenvalue weighted by Crippen LogP contribution is -2.22. The SMILES string of the molecule is C[Si](C)(C)CCOCn1cnc2c(C(N)=O)cncc21. The number of hydrogen-bond acceptors (Lipinski definition) is 4. The van der Waals surface area contributed by atoms with Gasteiger partial charge in [0.05, 0.1) is 23.6 Å². The number of rotatable bonds is 6. The summed E-state index contributed by atoms with van der Waals surface area (Å²) in [6.07, 6.45) is 4.75. The van der Waals surface area contributed by atoms with Crippen molar-refractivity contribution in [3.63, 3.8) is 0 Å². The van der Waals surface area contributed by atoms with Crippen LogP contribution in [0.4, 0.5) is 0 Å². The number of pyridine rings is 1. The zero-order valence-electron chi connectivity index (χ0n) is 12.1. The number of aromatic nitrogens is 3. The van der Waals surface area contributed by atoms with Gasteiger partial charge in [-0.05, 0) is 6.04 Å². The van der Waals surface area contributed by atoms with E-state index in [1.807, 2.05) is 4.57 Å². The minimum atomic E-state index is -1.08. The minimum Gasteiger partial charge on any atom is -0.365 e. The Labute approximate surface area is 119 Å². The molecule has 0 unspecified atom stereocenters. The monoisotopic (exact) mass is 292 g/mol. The van der Waals surface area contributed by atoms with E-state index in [1.54, 1.807) is 12.5 Å². The maximum Gasteiger partial charge on any atom is 0.252 e. The fraction of sp³-hybridized carbons (Fsp3) is 0.462. The molecule has 2 N–H and O–H groups in total. The first-order valence-corrected chi connectivity index (χ1v) is 10.3. The number of carbonyl (C=O) groups is 1. The summed E-state index contributed by atoms with van der Waals surface area (Å²) in [4.78, 5) is 19.5. The van der Waals surface area contributed by atoms with Gasteiger partial charge in [0.2, 0.25) is 0 Å². The van der Waals surface area contributed by atoms with E-state index in [4.69, 9.17) is 10.5 Å². The van der Waals surface area contributed by atoms with Crippen LogP contribution in [0.2, 0.25) is 25.7 Å². The van der Waals surface area contributed by atoms with E-state index in [9.17, 15) is 4.79 Å². The molecule has 0 saturated heterocycles. The number of imidazole rings is 1. The molecule has 1 amide bonds. The number of amides is 1. The second kappa shape index (κ2) is 5.72. The number of nitrogens with zero attached hydrogens (tertiary/aromatic N) is 3. The first-order chi connectivity index (χ1) is 9.38. The molecular formula is C13H20N4O2Si. The Hall–Kier alpha value is -1.73. The Kier molecular flexibility index (Phi) is 4.19. The van der Waals surface area contributed by atoms with Crippen LogP contribution >= 0.6 is 0 Å². The standard InChI is InChI=1S/C13H20N4O2Si/c1-20(2,3)5-4-19-9-17-8-16-12-10(13(14)18)6-15-7-11(12)17/h6-8H,4-5,9H2,1-3H3,(H2,14,18). The van der Waals surface area contributed by atoms with Gasteiger partial charge < -0.3 is 15.0 Å². The predicted octanol–water partition coefficient (Wildman–Crippen LogP) is 1.84. The molecule has 2 rings (SSSR count). The summed E-state index contributed by atoms with van der Waals surface area (Å²) < 4.78 is 7.51. The van der Waals surface area contributed by atoms with Gasteiger partial charge in [0, 0.05) is 20.9 Å². The Balaban J connectivity index is 2.08. The molecule has 0 fully saturated rings. The van der Waals surface area contributed by atoms with Crippen LogP contribution in [0.1, 0.15) is 10.4 Å². The van der Waals surface area contributed by atoms with Gasteiger partial charge in [0.1, 0.15) is 12.2 Å². The summed E-state index contributed by atoms with van der Waals surface area (Å²) >= 11 is 0. The molecule has 2 aromatic rings. The maximum absolute atomic E-state index is 11.3. The summed E-state index contributed by atoms with van der Waals surface area (Å²) in [5.41, 5.74) is 6.97. The van der Waals surface area contributed by atoms with Gasteiger partial charge >= 0.3 is 0 Å². The van der Waals surface area contributed by atoms with Crippen molar-refractivity contribution < 1.29 is 9.53 Å². The van der Waals surface area contributed by atoms with Crippen molar-refractivity contribution in [2.75, 3.05) is 6.61 Å². The summed E-state index contributed by atoms with van der Waals surface area (Å²) in [5, 5.41) is 0. The topological polar surface area (TPSA) is 83.0 Å². The largest absolute Gasteiger partial charge is 0.365 e. The Bertz CT molecular complexity index is 618. The predicted molar refractivity (Wildman–Crippen MR) is 80.2 cm³/mol. The molecule has 0 aliphatic heterocycles. The molecule has 2 aromatic heterocycles. The molecule has 0 aliphatic carbocycles. The fourth-order valence-corrected chi connectivity index (χ4v) is 2.56. The summed E-state index contributed by atoms with van der Waals surface area (Å²) in [7, 11) is -1.08. The molecule has 108 valence electrons. The molecule has 2 heterocycles. The van der Waals surface area contributed by atoms with Crippen LogP contribution in [0.3, 0.4) is 0 Å². The number of hydrogen-bond donors (Lipinski definition) is 1. The molecule has 7 heteroatoms. The van der Waals surface area contributed by atoms with Gasteiger partial charge in [-0.15, -0.1) is 0 Å². The van der Waals surface area contributed by atoms with Gasteiger partial charge in [-0.1, -0.05) is 19.6 Å². The van der Waals surface area contributed by atoms with Crippen LogP contribution < -0.4 is 5.73 Å². The highest BCUT2D eigenvalue weighted by Crippen LogP contribution is 2.16. The van der Waals surface area contributed by atoms with Crippen molar-refractivity contribution in [3.05, 3.63) is 24.3 Å². The van der Waals surface area contributed by atoms with Crippen LogP contribution in [0.25, 0.3) is 11.0 Å². The highest BCUT2D eigenvalue weighted by atomic mass is 28.3. The molecule has 0 aliphatic rings. The molecular weight excluding hydrogens is 272 g/mol. The van der Waals surface area contributed by atoms with Crippen LogP contribution in [0.15, 0.2) is 18.7 Å². The fourth-order valence-electron chi connectivity index (χ4n) is 1.80. The third-order valence-corrected chi connectivity index (χ3v) is 4.73. The lowest BCUT2D eigenvalue weighted by molar-refractivity contribution is 0.0898. The third-order valence-electron chi connectivity index (χ3n) is 3.03. The van der Waals surface area contributed by atoms with Crippen LogP contribution in [-0.2, 0) is 11.5 Å². The minimum absolute atomic E-state index is 0.336. The van der Waals surface area contributed by atoms with Gasteiger partial charge in [0.25, 0.3) is 5.91 Å². The molecule has 0 atom stereocenters. The average Bonchev–Trinajstić information content (AvgIpc) is 2.76. The summed E-state index contributed by atoms with van der Waals surface area (Å²) in [5.74, 6) is -0.520. The molecule has 0 radical (unpaired) electrons. The van der Waals surface area contributed by atoms with Crippen molar-refractivity contribution in [2.24, 2.45) is 5.73 Å². The number of fused-ring (bicyclic) bond motifs is 1. The highest BCUT2D eigenvalue weighted by molar-refractivity contribution is 6.76. The quantitative estimate of drug-likeness (QED) is 0.650. The lowest BCUT2D eigenvalue weighted by Gasteiger charge is -2.15. The molecule has 0 saturated carbocycles. The van der Waals surface area contributed by atoms with E-state index < -0.39 is 14.0 Å². The van der Waals surface area contributed by atoms with E-state index in [1.165, 1.54) is 6.20 Å². The van der Waals surface area contributed by atoms with Crippen LogP contribution in [0, 0.1) is 0 Å². The Morgan fingerprint density at radius 1 is 1.40 bits per heavy atom. The number of carbonyl (C=O) groups excluding carboxylic acids is 1. The van der Waals surface area contributed by atoms with E-state index in [-0.39, 0.29) is 0 Å². The van der Waals surface area contributed by atoms with Gasteiger partial charge in [-0.3, -0.25) is 9.78 Å².